The molecule has 1 unspecified atom stereocenters. The largest absolute Gasteiger partial charge is 0.480 e. The van der Waals surface area contributed by atoms with Crippen molar-refractivity contribution in [2.45, 2.75) is 47.2 Å². The number of aryl methyl sites for hydroxylation is 1. The quantitative estimate of drug-likeness (QED) is 0.329. The van der Waals surface area contributed by atoms with Crippen LogP contribution in [0.1, 0.15) is 38.6 Å². The number of nitrogens with one attached hydrogen (secondary N) is 1. The van der Waals surface area contributed by atoms with Gasteiger partial charge >= 0.3 is 5.97 Å². The van der Waals surface area contributed by atoms with Gasteiger partial charge in [-0.25, -0.2) is 9.97 Å². The second-order valence-electron chi connectivity index (χ2n) is 8.54. The summed E-state index contributed by atoms with van der Waals surface area (Å²) in [4.78, 5) is 22.6. The monoisotopic (exact) mass is 482 g/mol. The van der Waals surface area contributed by atoms with E-state index in [9.17, 15) is 4.79 Å². The van der Waals surface area contributed by atoms with E-state index in [0.717, 1.165) is 47.3 Å². The number of rotatable bonds is 11. The zero-order chi connectivity index (χ0) is 24.2. The highest BCUT2D eigenvalue weighted by Crippen LogP contribution is 2.28. The summed E-state index contributed by atoms with van der Waals surface area (Å²) in [5.74, 6) is 0.364. The second kappa shape index (κ2) is 10.3. The van der Waals surface area contributed by atoms with Gasteiger partial charge in [0, 0.05) is 31.0 Å². The van der Waals surface area contributed by atoms with Crippen molar-refractivity contribution >= 4 is 34.0 Å². The van der Waals surface area contributed by atoms with Crippen LogP contribution < -0.4 is 5.32 Å². The van der Waals surface area contributed by atoms with Crippen LogP contribution in [-0.2, 0) is 17.9 Å². The van der Waals surface area contributed by atoms with Crippen LogP contribution in [0.4, 0.5) is 10.8 Å². The highest BCUT2D eigenvalue weighted by atomic mass is 32.1. The molecule has 0 radical (unpaired) electrons. The van der Waals surface area contributed by atoms with Gasteiger partial charge in [0.2, 0.25) is 0 Å². The third-order valence-corrected chi connectivity index (χ3v) is 6.48. The lowest BCUT2D eigenvalue weighted by Gasteiger charge is -2.22. The Kier molecular flexibility index (Phi) is 7.23. The van der Waals surface area contributed by atoms with Crippen LogP contribution in [0.5, 0.6) is 0 Å². The van der Waals surface area contributed by atoms with Crippen molar-refractivity contribution in [3.63, 3.8) is 0 Å². The fraction of sp³-hybridized carbons (Fsp3) is 0.435. The average molecular weight is 483 g/mol. The van der Waals surface area contributed by atoms with E-state index in [0.29, 0.717) is 17.4 Å². The molecule has 0 aliphatic carbocycles. The molecule has 0 fully saturated rings. The van der Waals surface area contributed by atoms with Crippen LogP contribution in [-0.4, -0.2) is 57.6 Å². The molecule has 0 aromatic carbocycles. The molecule has 0 aliphatic rings. The van der Waals surface area contributed by atoms with Crippen molar-refractivity contribution in [2.75, 3.05) is 18.4 Å². The summed E-state index contributed by atoms with van der Waals surface area (Å²) in [6.45, 7) is 11.3. The summed E-state index contributed by atoms with van der Waals surface area (Å²) >= 11 is 1.41. The van der Waals surface area contributed by atoms with E-state index >= 15 is 0 Å². The molecule has 180 valence electrons. The van der Waals surface area contributed by atoms with E-state index in [1.54, 1.807) is 18.6 Å². The molecule has 4 aromatic heterocycles. The number of aliphatic carboxylic acids is 1. The molecule has 0 saturated carbocycles. The average Bonchev–Trinajstić information content (AvgIpc) is 3.52. The van der Waals surface area contributed by atoms with E-state index in [-0.39, 0.29) is 6.54 Å². The number of fused-ring (bicyclic) bond motifs is 1. The van der Waals surface area contributed by atoms with Crippen molar-refractivity contribution < 1.29 is 9.90 Å². The minimum atomic E-state index is -0.940. The molecular formula is C23H30N8O2S. The van der Waals surface area contributed by atoms with Gasteiger partial charge < -0.3 is 10.4 Å². The fourth-order valence-corrected chi connectivity index (χ4v) is 4.45. The number of carbonyl (C=O) groups is 1. The highest BCUT2D eigenvalue weighted by Gasteiger charge is 2.16. The number of carboxylic acids is 1. The zero-order valence-electron chi connectivity index (χ0n) is 19.9. The Balaban J connectivity index is 1.55. The smallest absolute Gasteiger partial charge is 0.325 e. The molecule has 34 heavy (non-hydrogen) atoms. The van der Waals surface area contributed by atoms with E-state index in [2.05, 4.69) is 56.5 Å². The van der Waals surface area contributed by atoms with E-state index in [1.165, 1.54) is 22.6 Å². The zero-order valence-corrected chi connectivity index (χ0v) is 20.7. The van der Waals surface area contributed by atoms with E-state index in [1.807, 2.05) is 17.5 Å². The number of aromatic nitrogens is 6. The maximum absolute atomic E-state index is 11.0. The molecule has 2 N–H and O–H groups in total. The Morgan fingerprint density at radius 1 is 1.29 bits per heavy atom. The van der Waals surface area contributed by atoms with Gasteiger partial charge in [-0.1, -0.05) is 27.2 Å². The lowest BCUT2D eigenvalue weighted by molar-refractivity contribution is -0.137. The first-order valence-corrected chi connectivity index (χ1v) is 12.2. The first-order valence-electron chi connectivity index (χ1n) is 11.4. The topological polar surface area (TPSA) is 113 Å². The predicted molar refractivity (Wildman–Crippen MR) is 132 cm³/mol. The highest BCUT2D eigenvalue weighted by molar-refractivity contribution is 7.10. The first kappa shape index (κ1) is 23.8. The standard InChI is InChI=1S/C23H30N8O2S/c1-5-15(3)10-29(6-2)13-18-7-20(34-28-18)27-22-23-24-9-19(31(23)11-16(4)26-22)17-8-25-30(12-17)14-21(32)33/h7-9,11-12,15H,5-6,10,13-14H2,1-4H3,(H,26,27)(H,32,33). The number of hydrogen-bond acceptors (Lipinski definition) is 8. The Labute approximate surface area is 202 Å². The van der Waals surface area contributed by atoms with Gasteiger partial charge in [0.1, 0.15) is 11.5 Å². The van der Waals surface area contributed by atoms with Crippen LogP contribution in [0.2, 0.25) is 0 Å². The maximum Gasteiger partial charge on any atom is 0.325 e. The SMILES string of the molecule is CCC(C)CN(CC)Cc1cc(Nc2nc(C)cn3c(-c4cnn(CC(=O)O)c4)cnc23)sn1. The molecular weight excluding hydrogens is 452 g/mol. The molecule has 0 bridgehead atoms. The molecule has 0 saturated heterocycles. The molecule has 4 aromatic rings. The minimum absolute atomic E-state index is 0.190. The molecule has 0 amide bonds. The Hall–Kier alpha value is -3.31. The molecule has 0 aliphatic heterocycles. The molecule has 4 heterocycles. The van der Waals surface area contributed by atoms with Gasteiger partial charge in [0.25, 0.3) is 0 Å². The summed E-state index contributed by atoms with van der Waals surface area (Å²) in [7, 11) is 0. The number of nitrogens with zero attached hydrogens (tertiary/aromatic N) is 7. The summed E-state index contributed by atoms with van der Waals surface area (Å²) in [5.41, 5.74) is 4.13. The molecule has 11 heteroatoms. The van der Waals surface area contributed by atoms with Gasteiger partial charge in [-0.05, 0) is 37.0 Å². The van der Waals surface area contributed by atoms with Crippen molar-refractivity contribution in [3.05, 3.63) is 42.2 Å². The number of carboxylic acid groups (broad SMARTS) is 1. The third kappa shape index (κ3) is 5.42. The number of anilines is 2. The van der Waals surface area contributed by atoms with Gasteiger partial charge in [0.05, 0.1) is 29.5 Å². The lowest BCUT2D eigenvalue weighted by Crippen LogP contribution is -2.27. The van der Waals surface area contributed by atoms with Crippen molar-refractivity contribution in [2.24, 2.45) is 5.92 Å². The third-order valence-electron chi connectivity index (χ3n) is 5.74. The van der Waals surface area contributed by atoms with Crippen LogP contribution in [0.15, 0.2) is 30.9 Å². The van der Waals surface area contributed by atoms with E-state index < -0.39 is 5.97 Å². The van der Waals surface area contributed by atoms with Crippen molar-refractivity contribution in [3.8, 4) is 11.3 Å². The Morgan fingerprint density at radius 2 is 2.12 bits per heavy atom. The fourth-order valence-electron chi connectivity index (χ4n) is 3.79. The van der Waals surface area contributed by atoms with E-state index in [4.69, 9.17) is 5.11 Å². The van der Waals surface area contributed by atoms with Crippen LogP contribution in [0, 0.1) is 12.8 Å². The van der Waals surface area contributed by atoms with Gasteiger partial charge in [-0.3, -0.25) is 18.8 Å². The van der Waals surface area contributed by atoms with Crippen LogP contribution in [0.3, 0.4) is 0 Å². The number of hydrogen-bond donors (Lipinski definition) is 2. The molecule has 1 atom stereocenters. The summed E-state index contributed by atoms with van der Waals surface area (Å²) in [6.07, 6.45) is 8.17. The summed E-state index contributed by atoms with van der Waals surface area (Å²) in [6, 6.07) is 2.07. The molecule has 0 spiro atoms. The van der Waals surface area contributed by atoms with Crippen molar-refractivity contribution in [1.82, 2.24) is 33.4 Å². The maximum atomic E-state index is 11.0. The van der Waals surface area contributed by atoms with Gasteiger partial charge in [-0.15, -0.1) is 0 Å². The van der Waals surface area contributed by atoms with Crippen LogP contribution in [0.25, 0.3) is 16.9 Å². The van der Waals surface area contributed by atoms with Crippen LogP contribution >= 0.6 is 11.5 Å². The lowest BCUT2D eigenvalue weighted by atomic mass is 10.1. The van der Waals surface area contributed by atoms with Gasteiger partial charge in [-0.2, -0.15) is 9.47 Å². The predicted octanol–water partition coefficient (Wildman–Crippen LogP) is 4.05. The minimum Gasteiger partial charge on any atom is -0.480 e. The second-order valence-corrected chi connectivity index (χ2v) is 9.34. The Morgan fingerprint density at radius 3 is 2.85 bits per heavy atom. The first-order chi connectivity index (χ1) is 16.4. The summed E-state index contributed by atoms with van der Waals surface area (Å²) < 4.78 is 7.98. The van der Waals surface area contributed by atoms with Crippen molar-refractivity contribution in [1.29, 1.82) is 0 Å². The number of imidazole rings is 1. The Bertz CT molecular complexity index is 1280. The van der Waals surface area contributed by atoms with Gasteiger partial charge in [0.15, 0.2) is 11.5 Å². The normalized spacial score (nSPS) is 12.5. The summed E-state index contributed by atoms with van der Waals surface area (Å²) in [5, 5.41) is 17.4. The molecule has 10 nitrogen and oxygen atoms in total. The molecule has 4 rings (SSSR count).